The van der Waals surface area contributed by atoms with Gasteiger partial charge in [-0.1, -0.05) is 15.9 Å². The molecule has 0 aliphatic carbocycles. The van der Waals surface area contributed by atoms with Crippen LogP contribution < -0.4 is 4.72 Å². The molecule has 1 heterocycles. The average molecular weight is 364 g/mol. The van der Waals surface area contributed by atoms with Gasteiger partial charge in [0, 0.05) is 30.5 Å². The molecule has 6 nitrogen and oxygen atoms in total. The van der Waals surface area contributed by atoms with E-state index in [1.165, 1.54) is 12.1 Å². The van der Waals surface area contributed by atoms with Gasteiger partial charge in [0.05, 0.1) is 4.90 Å². The van der Waals surface area contributed by atoms with Crippen LogP contribution in [0.3, 0.4) is 0 Å². The third kappa shape index (κ3) is 3.20. The zero-order valence-corrected chi connectivity index (χ0v) is 12.9. The van der Waals surface area contributed by atoms with Crippen LogP contribution in [0.2, 0.25) is 0 Å². The summed E-state index contributed by atoms with van der Waals surface area (Å²) in [6.07, 6.45) is 0.218. The highest BCUT2D eigenvalue weighted by Gasteiger charge is 2.43. The average Bonchev–Trinajstić information content (AvgIpc) is 2.39. The van der Waals surface area contributed by atoms with Crippen molar-refractivity contribution in [1.29, 1.82) is 0 Å². The van der Waals surface area contributed by atoms with E-state index < -0.39 is 21.5 Å². The number of rotatable bonds is 4. The number of carboxylic acids is 1. The number of benzene rings is 1. The first-order chi connectivity index (χ1) is 9.36. The Morgan fingerprint density at radius 3 is 2.30 bits per heavy atom. The minimum Gasteiger partial charge on any atom is -0.480 e. The van der Waals surface area contributed by atoms with Crippen LogP contribution in [0.5, 0.6) is 0 Å². The van der Waals surface area contributed by atoms with E-state index in [9.17, 15) is 18.3 Å². The van der Waals surface area contributed by atoms with Crippen molar-refractivity contribution in [2.45, 2.75) is 23.3 Å². The third-order valence-electron chi connectivity index (χ3n) is 3.21. The molecule has 0 radical (unpaired) electrons. The van der Waals surface area contributed by atoms with Gasteiger partial charge in [0.1, 0.15) is 5.54 Å². The van der Waals surface area contributed by atoms with Crippen LogP contribution in [-0.2, 0) is 19.6 Å². The van der Waals surface area contributed by atoms with E-state index >= 15 is 0 Å². The summed E-state index contributed by atoms with van der Waals surface area (Å²) in [4.78, 5) is 11.5. The van der Waals surface area contributed by atoms with Gasteiger partial charge in [-0.15, -0.1) is 0 Å². The topological polar surface area (TPSA) is 92.7 Å². The molecule has 0 unspecified atom stereocenters. The molecule has 1 fully saturated rings. The number of hydrogen-bond acceptors (Lipinski definition) is 4. The molecule has 1 aromatic rings. The number of nitrogens with one attached hydrogen (secondary N) is 1. The van der Waals surface area contributed by atoms with Crippen molar-refractivity contribution in [3.8, 4) is 0 Å². The first-order valence-corrected chi connectivity index (χ1v) is 8.24. The van der Waals surface area contributed by atoms with Crippen LogP contribution in [0.15, 0.2) is 33.6 Å². The van der Waals surface area contributed by atoms with Crippen molar-refractivity contribution in [3.05, 3.63) is 28.7 Å². The van der Waals surface area contributed by atoms with E-state index in [0.29, 0.717) is 0 Å². The fourth-order valence-electron chi connectivity index (χ4n) is 2.01. The number of hydrogen-bond donors (Lipinski definition) is 2. The fourth-order valence-corrected chi connectivity index (χ4v) is 3.69. The largest absolute Gasteiger partial charge is 0.480 e. The van der Waals surface area contributed by atoms with Gasteiger partial charge in [0.2, 0.25) is 10.0 Å². The highest BCUT2D eigenvalue weighted by atomic mass is 79.9. The molecule has 8 heteroatoms. The molecule has 2 N–H and O–H groups in total. The van der Waals surface area contributed by atoms with Gasteiger partial charge in [0.25, 0.3) is 0 Å². The lowest BCUT2D eigenvalue weighted by atomic mass is 9.92. The Morgan fingerprint density at radius 2 is 1.80 bits per heavy atom. The van der Waals surface area contributed by atoms with Gasteiger partial charge in [-0.05, 0) is 24.3 Å². The van der Waals surface area contributed by atoms with Crippen molar-refractivity contribution >= 4 is 31.9 Å². The zero-order valence-electron chi connectivity index (χ0n) is 10.5. The predicted octanol–water partition coefficient (Wildman–Crippen LogP) is 1.36. The summed E-state index contributed by atoms with van der Waals surface area (Å²) in [5, 5.41) is 9.35. The maximum absolute atomic E-state index is 12.3. The van der Waals surface area contributed by atoms with Crippen molar-refractivity contribution in [1.82, 2.24) is 4.72 Å². The van der Waals surface area contributed by atoms with Gasteiger partial charge >= 0.3 is 5.97 Å². The molecule has 0 aromatic heterocycles. The lowest BCUT2D eigenvalue weighted by Gasteiger charge is -2.33. The summed E-state index contributed by atoms with van der Waals surface area (Å²) in [5.74, 6) is -1.18. The summed E-state index contributed by atoms with van der Waals surface area (Å²) in [6, 6.07) is 6.01. The molecule has 20 heavy (non-hydrogen) atoms. The molecule has 1 aliphatic rings. The Bertz CT molecular complexity index is 593. The van der Waals surface area contributed by atoms with Gasteiger partial charge in [-0.25, -0.2) is 8.42 Å². The van der Waals surface area contributed by atoms with E-state index in [4.69, 9.17) is 4.74 Å². The molecule has 0 atom stereocenters. The number of carbonyl (C=O) groups is 1. The van der Waals surface area contributed by atoms with Crippen molar-refractivity contribution in [2.75, 3.05) is 13.2 Å². The van der Waals surface area contributed by atoms with Crippen LogP contribution in [0, 0.1) is 0 Å². The Morgan fingerprint density at radius 1 is 1.25 bits per heavy atom. The summed E-state index contributed by atoms with van der Waals surface area (Å²) in [5.41, 5.74) is -1.50. The van der Waals surface area contributed by atoms with Crippen LogP contribution >= 0.6 is 15.9 Å². The number of halogens is 1. The molecule has 0 spiro atoms. The second-order valence-corrected chi connectivity index (χ2v) is 7.16. The Kier molecular flexibility index (Phi) is 4.48. The lowest BCUT2D eigenvalue weighted by Crippen LogP contribution is -2.57. The SMILES string of the molecule is O=C(O)C1(NS(=O)(=O)c2ccc(Br)cc2)CCOCC1. The van der Waals surface area contributed by atoms with Gasteiger partial charge in [0.15, 0.2) is 0 Å². The minimum absolute atomic E-state index is 0.0350. The fraction of sp³-hybridized carbons (Fsp3) is 0.417. The number of ether oxygens (including phenoxy) is 1. The Hall–Kier alpha value is -0.960. The van der Waals surface area contributed by atoms with Gasteiger partial charge in [-0.3, -0.25) is 4.79 Å². The van der Waals surface area contributed by atoms with Crippen LogP contribution in [0.1, 0.15) is 12.8 Å². The molecule has 0 amide bonds. The van der Waals surface area contributed by atoms with E-state index in [1.807, 2.05) is 0 Å². The van der Waals surface area contributed by atoms with E-state index in [-0.39, 0.29) is 31.0 Å². The summed E-state index contributed by atoms with van der Waals surface area (Å²) in [7, 11) is -3.89. The smallest absolute Gasteiger partial charge is 0.325 e. The van der Waals surface area contributed by atoms with Crippen LogP contribution in [-0.4, -0.2) is 38.2 Å². The second-order valence-electron chi connectivity index (χ2n) is 4.56. The molecule has 1 aromatic carbocycles. The number of sulfonamides is 1. The lowest BCUT2D eigenvalue weighted by molar-refractivity contribution is -0.147. The molecule has 1 aliphatic heterocycles. The highest BCUT2D eigenvalue weighted by Crippen LogP contribution is 2.24. The minimum atomic E-state index is -3.89. The molecular weight excluding hydrogens is 350 g/mol. The summed E-state index contributed by atoms with van der Waals surface area (Å²) in [6.45, 7) is 0.435. The van der Waals surface area contributed by atoms with Crippen molar-refractivity contribution < 1.29 is 23.1 Å². The Balaban J connectivity index is 2.30. The highest BCUT2D eigenvalue weighted by molar-refractivity contribution is 9.10. The molecule has 110 valence electrons. The molecule has 2 rings (SSSR count). The van der Waals surface area contributed by atoms with E-state index in [1.54, 1.807) is 12.1 Å². The van der Waals surface area contributed by atoms with Crippen molar-refractivity contribution in [3.63, 3.8) is 0 Å². The van der Waals surface area contributed by atoms with Gasteiger partial charge in [-0.2, -0.15) is 4.72 Å². The Labute approximate surface area is 125 Å². The van der Waals surface area contributed by atoms with Crippen molar-refractivity contribution in [2.24, 2.45) is 0 Å². The number of carboxylic acid groups (broad SMARTS) is 1. The first kappa shape index (κ1) is 15.4. The van der Waals surface area contributed by atoms with Crippen LogP contribution in [0.25, 0.3) is 0 Å². The third-order valence-corrected chi connectivity index (χ3v) is 5.29. The van der Waals surface area contributed by atoms with Gasteiger partial charge < -0.3 is 9.84 Å². The second kappa shape index (κ2) is 5.80. The molecule has 0 saturated carbocycles. The normalized spacial score (nSPS) is 18.6. The van der Waals surface area contributed by atoms with Crippen LogP contribution in [0.4, 0.5) is 0 Å². The summed E-state index contributed by atoms with van der Waals surface area (Å²) >= 11 is 3.22. The number of aliphatic carboxylic acids is 1. The maximum Gasteiger partial charge on any atom is 0.325 e. The first-order valence-electron chi connectivity index (χ1n) is 5.96. The predicted molar refractivity (Wildman–Crippen MR) is 74.9 cm³/mol. The maximum atomic E-state index is 12.3. The zero-order chi connectivity index (χ0) is 14.8. The quantitative estimate of drug-likeness (QED) is 0.842. The summed E-state index contributed by atoms with van der Waals surface area (Å²) < 4.78 is 32.8. The van der Waals surface area contributed by atoms with E-state index in [0.717, 1.165) is 4.47 Å². The monoisotopic (exact) mass is 363 g/mol. The standard InChI is InChI=1S/C12H14BrNO5S/c13-9-1-3-10(4-2-9)20(17,18)14-12(11(15)16)5-7-19-8-6-12/h1-4,14H,5-8H2,(H,15,16). The molecule has 1 saturated heterocycles. The molecular formula is C12H14BrNO5S. The molecule has 0 bridgehead atoms. The van der Waals surface area contributed by atoms with E-state index in [2.05, 4.69) is 20.7 Å².